The van der Waals surface area contributed by atoms with E-state index in [9.17, 15) is 9.59 Å². The Kier molecular flexibility index (Phi) is 2.99. The zero-order valence-electron chi connectivity index (χ0n) is 6.78. The van der Waals surface area contributed by atoms with Crippen molar-refractivity contribution in [3.63, 3.8) is 0 Å². The molecule has 1 fully saturated rings. The lowest BCUT2D eigenvalue weighted by molar-refractivity contribution is -0.150. The van der Waals surface area contributed by atoms with E-state index >= 15 is 0 Å². The number of esters is 2. The van der Waals surface area contributed by atoms with E-state index in [0.29, 0.717) is 6.10 Å². The van der Waals surface area contributed by atoms with Crippen LogP contribution in [0.5, 0.6) is 0 Å². The van der Waals surface area contributed by atoms with Crippen LogP contribution in [0.4, 0.5) is 0 Å². The minimum atomic E-state index is -0.579. The second-order valence-corrected chi connectivity index (χ2v) is 2.44. The van der Waals surface area contributed by atoms with Gasteiger partial charge in [0.25, 0.3) is 0 Å². The van der Waals surface area contributed by atoms with E-state index in [2.05, 4.69) is 11.7 Å². The zero-order chi connectivity index (χ0) is 8.97. The van der Waals surface area contributed by atoms with E-state index in [1.807, 2.05) is 0 Å². The Hall–Kier alpha value is -1.16. The highest BCUT2D eigenvalue weighted by Gasteiger charge is 2.18. The maximum atomic E-state index is 9.92. The first kappa shape index (κ1) is 8.93. The largest absolute Gasteiger partial charge is 0.387 e. The molecular weight excluding hydrogens is 160 g/mol. The van der Waals surface area contributed by atoms with Crippen molar-refractivity contribution in [1.29, 1.82) is 0 Å². The number of hydrogen-bond acceptors (Lipinski definition) is 4. The number of rotatable bonds is 1. The smallest absolute Gasteiger partial charge is 0.338 e. The minimum Gasteiger partial charge on any atom is -0.387 e. The molecule has 4 heteroatoms. The summed E-state index contributed by atoms with van der Waals surface area (Å²) in [5, 5.41) is 0. The third kappa shape index (κ3) is 3.30. The molecule has 4 nitrogen and oxygen atoms in total. The predicted octanol–water partition coefficient (Wildman–Crippen LogP) is 0.421. The third-order valence-electron chi connectivity index (χ3n) is 1.41. The lowest BCUT2D eigenvalue weighted by Gasteiger charge is -1.80. The molecule has 2 heterocycles. The van der Waals surface area contributed by atoms with Crippen molar-refractivity contribution in [2.75, 3.05) is 6.61 Å². The van der Waals surface area contributed by atoms with E-state index in [0.717, 1.165) is 18.8 Å². The first-order valence-electron chi connectivity index (χ1n) is 3.78. The van der Waals surface area contributed by atoms with Gasteiger partial charge in [0, 0.05) is 12.2 Å². The number of carbonyl (C=O) groups excluding carboxylic acids is 2. The molecular formula is C8H10O4. The zero-order valence-corrected chi connectivity index (χ0v) is 6.78. The molecule has 0 aromatic heterocycles. The summed E-state index contributed by atoms with van der Waals surface area (Å²) in [6.07, 6.45) is 4.00. The van der Waals surface area contributed by atoms with Crippen LogP contribution >= 0.6 is 0 Å². The molecule has 1 saturated heterocycles. The summed E-state index contributed by atoms with van der Waals surface area (Å²) < 4.78 is 8.83. The van der Waals surface area contributed by atoms with Crippen LogP contribution in [0.2, 0.25) is 0 Å². The van der Waals surface area contributed by atoms with Crippen molar-refractivity contribution in [3.8, 4) is 0 Å². The molecule has 0 amide bonds. The molecule has 1 unspecified atom stereocenters. The van der Waals surface area contributed by atoms with Crippen LogP contribution in [0.15, 0.2) is 12.2 Å². The standard InChI is InChI=1S/C4H2O3.C4H8O/c5-3-1-2-4(6)7-3;1-2-4-3-5-4/h1-2H;4H,2-3H2,1H3. The van der Waals surface area contributed by atoms with Crippen LogP contribution in [0.3, 0.4) is 0 Å². The van der Waals surface area contributed by atoms with E-state index in [-0.39, 0.29) is 0 Å². The van der Waals surface area contributed by atoms with E-state index < -0.39 is 11.9 Å². The van der Waals surface area contributed by atoms with Crippen LogP contribution in [0, 0.1) is 0 Å². The highest BCUT2D eigenvalue weighted by atomic mass is 16.6. The van der Waals surface area contributed by atoms with Crippen molar-refractivity contribution in [3.05, 3.63) is 12.2 Å². The number of carbonyl (C=O) groups is 2. The maximum absolute atomic E-state index is 9.92. The minimum absolute atomic E-state index is 0.579. The highest BCUT2D eigenvalue weighted by Crippen LogP contribution is 2.10. The van der Waals surface area contributed by atoms with Gasteiger partial charge in [0.2, 0.25) is 0 Å². The van der Waals surface area contributed by atoms with Crippen molar-refractivity contribution in [2.24, 2.45) is 0 Å². The molecule has 66 valence electrons. The molecule has 2 aliphatic rings. The summed E-state index contributed by atoms with van der Waals surface area (Å²) in [7, 11) is 0. The number of ether oxygens (including phenoxy) is 2. The van der Waals surface area contributed by atoms with Crippen molar-refractivity contribution >= 4 is 11.9 Å². The van der Waals surface area contributed by atoms with Gasteiger partial charge in [-0.3, -0.25) is 0 Å². The fourth-order valence-electron chi connectivity index (χ4n) is 0.607. The Morgan fingerprint density at radius 3 is 2.00 bits per heavy atom. The Labute approximate surface area is 70.1 Å². The summed E-state index contributed by atoms with van der Waals surface area (Å²) >= 11 is 0. The molecule has 2 aliphatic heterocycles. The fraction of sp³-hybridized carbons (Fsp3) is 0.500. The van der Waals surface area contributed by atoms with Crippen molar-refractivity contribution in [2.45, 2.75) is 19.4 Å². The van der Waals surface area contributed by atoms with Crippen LogP contribution in [0.25, 0.3) is 0 Å². The summed E-state index contributed by atoms with van der Waals surface area (Å²) in [4.78, 5) is 19.8. The SMILES string of the molecule is CCC1CO1.O=C1C=CC(=O)O1. The lowest BCUT2D eigenvalue weighted by Crippen LogP contribution is -1.96. The number of hydrogen-bond donors (Lipinski definition) is 0. The quantitative estimate of drug-likeness (QED) is 0.325. The molecule has 1 atom stereocenters. The summed E-state index contributed by atoms with van der Waals surface area (Å²) in [5.41, 5.74) is 0. The van der Waals surface area contributed by atoms with Gasteiger partial charge in [-0.1, -0.05) is 6.92 Å². The van der Waals surface area contributed by atoms with Gasteiger partial charge in [0.15, 0.2) is 0 Å². The Morgan fingerprint density at radius 1 is 1.42 bits per heavy atom. The molecule has 0 bridgehead atoms. The third-order valence-corrected chi connectivity index (χ3v) is 1.41. The van der Waals surface area contributed by atoms with Gasteiger partial charge >= 0.3 is 11.9 Å². The topological polar surface area (TPSA) is 55.9 Å². The monoisotopic (exact) mass is 170 g/mol. The second-order valence-electron chi connectivity index (χ2n) is 2.44. The Balaban J connectivity index is 0.000000127. The van der Waals surface area contributed by atoms with Gasteiger partial charge in [-0.2, -0.15) is 0 Å². The first-order chi connectivity index (χ1) is 5.72. The molecule has 0 aromatic carbocycles. The molecule has 0 aliphatic carbocycles. The normalized spacial score (nSPS) is 24.6. The number of cyclic esters (lactones) is 2. The average Bonchev–Trinajstić information content (AvgIpc) is 2.80. The summed E-state index contributed by atoms with van der Waals surface area (Å²) in [5.74, 6) is -1.16. The molecule has 0 spiro atoms. The first-order valence-corrected chi connectivity index (χ1v) is 3.78. The van der Waals surface area contributed by atoms with Gasteiger partial charge in [0.1, 0.15) is 0 Å². The highest BCUT2D eigenvalue weighted by molar-refractivity contribution is 6.04. The summed E-state index contributed by atoms with van der Waals surface area (Å²) in [6.45, 7) is 3.15. The van der Waals surface area contributed by atoms with Gasteiger partial charge in [0.05, 0.1) is 12.7 Å². The molecule has 0 N–H and O–H groups in total. The molecule has 0 aromatic rings. The predicted molar refractivity (Wildman–Crippen MR) is 40.3 cm³/mol. The van der Waals surface area contributed by atoms with Gasteiger partial charge < -0.3 is 9.47 Å². The van der Waals surface area contributed by atoms with Gasteiger partial charge in [-0.05, 0) is 6.42 Å². The molecule has 0 saturated carbocycles. The average molecular weight is 170 g/mol. The van der Waals surface area contributed by atoms with Gasteiger partial charge in [-0.25, -0.2) is 9.59 Å². The molecule has 12 heavy (non-hydrogen) atoms. The van der Waals surface area contributed by atoms with Crippen LogP contribution in [-0.2, 0) is 19.1 Å². The maximum Gasteiger partial charge on any atom is 0.338 e. The molecule has 2 rings (SSSR count). The Morgan fingerprint density at radius 2 is 1.92 bits per heavy atom. The van der Waals surface area contributed by atoms with E-state index in [1.54, 1.807) is 0 Å². The van der Waals surface area contributed by atoms with Crippen molar-refractivity contribution < 1.29 is 19.1 Å². The van der Waals surface area contributed by atoms with E-state index in [4.69, 9.17) is 4.74 Å². The second kappa shape index (κ2) is 4.01. The van der Waals surface area contributed by atoms with Crippen LogP contribution in [0.1, 0.15) is 13.3 Å². The van der Waals surface area contributed by atoms with Gasteiger partial charge in [-0.15, -0.1) is 0 Å². The van der Waals surface area contributed by atoms with Crippen LogP contribution in [-0.4, -0.2) is 24.6 Å². The molecule has 0 radical (unpaired) electrons. The number of epoxide rings is 1. The summed E-state index contributed by atoms with van der Waals surface area (Å²) in [6, 6.07) is 0. The van der Waals surface area contributed by atoms with Crippen LogP contribution < -0.4 is 0 Å². The Bertz CT molecular complexity index is 199. The van der Waals surface area contributed by atoms with E-state index in [1.165, 1.54) is 6.42 Å². The fourth-order valence-corrected chi connectivity index (χ4v) is 0.607. The van der Waals surface area contributed by atoms with Crippen molar-refractivity contribution in [1.82, 2.24) is 0 Å². The lowest BCUT2D eigenvalue weighted by atomic mass is 10.4.